The van der Waals surface area contributed by atoms with Crippen molar-refractivity contribution in [3.8, 4) is 5.75 Å². The summed E-state index contributed by atoms with van der Waals surface area (Å²) >= 11 is 1.28. The van der Waals surface area contributed by atoms with Crippen LogP contribution in [0.3, 0.4) is 0 Å². The van der Waals surface area contributed by atoms with Crippen molar-refractivity contribution in [3.05, 3.63) is 30.0 Å². The Morgan fingerprint density at radius 1 is 1.26 bits per heavy atom. The van der Waals surface area contributed by atoms with E-state index < -0.39 is 23.9 Å². The molecule has 0 aliphatic heterocycles. The number of thioether (sulfide) groups is 1. The SMILES string of the molecule is COc1cccc2c(SC[C@@H](NC(=O)CCC(=O)O)C(=O)O)cc(C)nc12. The molecule has 0 saturated carbocycles. The number of ether oxygens (including phenoxy) is 1. The molecule has 3 N–H and O–H groups in total. The van der Waals surface area contributed by atoms with E-state index in [0.29, 0.717) is 11.3 Å². The van der Waals surface area contributed by atoms with Crippen LogP contribution in [0.25, 0.3) is 10.9 Å². The summed E-state index contributed by atoms with van der Waals surface area (Å²) in [4.78, 5) is 39.0. The summed E-state index contributed by atoms with van der Waals surface area (Å²) in [5.74, 6) is -2.19. The molecule has 0 saturated heterocycles. The fourth-order valence-electron chi connectivity index (χ4n) is 2.43. The highest BCUT2D eigenvalue weighted by atomic mass is 32.2. The van der Waals surface area contributed by atoms with Crippen LogP contribution >= 0.6 is 11.8 Å². The smallest absolute Gasteiger partial charge is 0.327 e. The number of carboxylic acids is 2. The molecule has 0 unspecified atom stereocenters. The minimum absolute atomic E-state index is 0.0872. The number of nitrogens with zero attached hydrogens (tertiary/aromatic N) is 1. The number of carbonyl (C=O) groups is 3. The van der Waals surface area contributed by atoms with Gasteiger partial charge in [0, 0.05) is 28.1 Å². The Morgan fingerprint density at radius 3 is 2.63 bits per heavy atom. The second-order valence-corrected chi connectivity index (χ2v) is 6.84. The standard InChI is InChI=1S/C18H20N2O6S/c1-10-8-14(11-4-3-5-13(26-2)17(11)19-10)27-9-12(18(24)25)20-15(21)6-7-16(22)23/h3-5,8,12H,6-7,9H2,1-2H3,(H,20,21)(H,22,23)(H,24,25)/t12-/m1/s1. The summed E-state index contributed by atoms with van der Waals surface area (Å²) in [6.45, 7) is 1.83. The van der Waals surface area contributed by atoms with Gasteiger partial charge in [-0.15, -0.1) is 11.8 Å². The average molecular weight is 392 g/mol. The number of fused-ring (bicyclic) bond motifs is 1. The number of aryl methyl sites for hydroxylation is 1. The lowest BCUT2D eigenvalue weighted by molar-refractivity contribution is -0.141. The Bertz CT molecular complexity index is 870. The first-order valence-electron chi connectivity index (χ1n) is 8.13. The summed E-state index contributed by atoms with van der Waals surface area (Å²) in [6, 6.07) is 6.20. The number of benzene rings is 1. The van der Waals surface area contributed by atoms with Crippen molar-refractivity contribution in [2.45, 2.75) is 30.7 Å². The first-order valence-corrected chi connectivity index (χ1v) is 9.11. The molecule has 1 aromatic heterocycles. The van der Waals surface area contributed by atoms with Crippen molar-refractivity contribution in [3.63, 3.8) is 0 Å². The van der Waals surface area contributed by atoms with Crippen LogP contribution in [0.4, 0.5) is 0 Å². The lowest BCUT2D eigenvalue weighted by Crippen LogP contribution is -2.42. The Labute approximate surface area is 159 Å². The zero-order chi connectivity index (χ0) is 20.0. The normalized spacial score (nSPS) is 11.8. The zero-order valence-corrected chi connectivity index (χ0v) is 15.7. The van der Waals surface area contributed by atoms with Crippen LogP contribution in [0.1, 0.15) is 18.5 Å². The lowest BCUT2D eigenvalue weighted by atomic mass is 10.2. The summed E-state index contributed by atoms with van der Waals surface area (Å²) in [6.07, 6.45) is -0.614. The molecule has 2 aromatic rings. The van der Waals surface area contributed by atoms with Crippen molar-refractivity contribution >= 4 is 40.5 Å². The molecule has 0 aliphatic rings. The Morgan fingerprint density at radius 2 is 2.00 bits per heavy atom. The highest BCUT2D eigenvalue weighted by molar-refractivity contribution is 7.99. The van der Waals surface area contributed by atoms with Gasteiger partial charge in [0.15, 0.2) is 0 Å². The molecule has 0 spiro atoms. The highest BCUT2D eigenvalue weighted by Crippen LogP contribution is 2.32. The van der Waals surface area contributed by atoms with Crippen molar-refractivity contribution in [2.75, 3.05) is 12.9 Å². The molecule has 8 nitrogen and oxygen atoms in total. The van der Waals surface area contributed by atoms with Gasteiger partial charge in [-0.3, -0.25) is 9.59 Å². The number of nitrogens with one attached hydrogen (secondary N) is 1. The predicted molar refractivity (Wildman–Crippen MR) is 100 cm³/mol. The Hall–Kier alpha value is -2.81. The van der Waals surface area contributed by atoms with Crippen LogP contribution < -0.4 is 10.1 Å². The molecule has 0 bridgehead atoms. The third kappa shape index (κ3) is 5.58. The molecule has 1 heterocycles. The van der Waals surface area contributed by atoms with E-state index in [1.165, 1.54) is 11.8 Å². The minimum atomic E-state index is -1.18. The third-order valence-electron chi connectivity index (χ3n) is 3.72. The molecule has 1 amide bonds. The summed E-state index contributed by atoms with van der Waals surface area (Å²) in [5.41, 5.74) is 1.44. The second-order valence-electron chi connectivity index (χ2n) is 5.78. The van der Waals surface area contributed by atoms with Gasteiger partial charge in [-0.25, -0.2) is 9.78 Å². The van der Waals surface area contributed by atoms with Gasteiger partial charge in [0.25, 0.3) is 0 Å². The number of amides is 1. The molecular weight excluding hydrogens is 372 g/mol. The number of para-hydroxylation sites is 1. The van der Waals surface area contributed by atoms with Gasteiger partial charge in [0.05, 0.1) is 13.5 Å². The molecule has 0 fully saturated rings. The first kappa shape index (κ1) is 20.5. The number of methoxy groups -OCH3 is 1. The number of pyridine rings is 1. The van der Waals surface area contributed by atoms with E-state index in [1.54, 1.807) is 13.2 Å². The van der Waals surface area contributed by atoms with Gasteiger partial charge in [-0.2, -0.15) is 0 Å². The van der Waals surface area contributed by atoms with Crippen molar-refractivity contribution in [2.24, 2.45) is 0 Å². The van der Waals surface area contributed by atoms with E-state index in [0.717, 1.165) is 16.0 Å². The Kier molecular flexibility index (Phi) is 7.00. The highest BCUT2D eigenvalue weighted by Gasteiger charge is 2.21. The van der Waals surface area contributed by atoms with Crippen molar-refractivity contribution < 1.29 is 29.3 Å². The molecule has 9 heteroatoms. The molecule has 2 rings (SSSR count). The molecule has 144 valence electrons. The number of aliphatic carboxylic acids is 2. The molecular formula is C18H20N2O6S. The fourth-order valence-corrected chi connectivity index (χ4v) is 3.58. The van der Waals surface area contributed by atoms with Crippen LogP contribution in [0.15, 0.2) is 29.2 Å². The van der Waals surface area contributed by atoms with Gasteiger partial charge < -0.3 is 20.3 Å². The summed E-state index contributed by atoms with van der Waals surface area (Å²) in [7, 11) is 1.55. The van der Waals surface area contributed by atoms with Gasteiger partial charge in [-0.05, 0) is 19.1 Å². The van der Waals surface area contributed by atoms with E-state index in [-0.39, 0.29) is 18.6 Å². The summed E-state index contributed by atoms with van der Waals surface area (Å²) in [5, 5.41) is 21.2. The predicted octanol–water partition coefficient (Wildman–Crippen LogP) is 2.08. The maximum absolute atomic E-state index is 11.8. The fraction of sp³-hybridized carbons (Fsp3) is 0.333. The van der Waals surface area contributed by atoms with Crippen LogP contribution in [0.2, 0.25) is 0 Å². The molecule has 0 radical (unpaired) electrons. The van der Waals surface area contributed by atoms with Gasteiger partial charge in [0.2, 0.25) is 5.91 Å². The number of carbonyl (C=O) groups excluding carboxylic acids is 1. The van der Waals surface area contributed by atoms with Gasteiger partial charge in [0.1, 0.15) is 17.3 Å². The zero-order valence-electron chi connectivity index (χ0n) is 14.9. The van der Waals surface area contributed by atoms with Gasteiger partial charge >= 0.3 is 11.9 Å². The maximum Gasteiger partial charge on any atom is 0.327 e. The third-order valence-corrected chi connectivity index (χ3v) is 4.87. The number of aromatic nitrogens is 1. The number of hydrogen-bond donors (Lipinski definition) is 3. The van der Waals surface area contributed by atoms with Crippen LogP contribution in [-0.4, -0.2) is 51.9 Å². The van der Waals surface area contributed by atoms with Crippen LogP contribution in [-0.2, 0) is 14.4 Å². The first-order chi connectivity index (χ1) is 12.8. The Balaban J connectivity index is 2.16. The summed E-state index contributed by atoms with van der Waals surface area (Å²) < 4.78 is 5.33. The number of carboxylic acid groups (broad SMARTS) is 2. The molecule has 1 aromatic carbocycles. The second kappa shape index (κ2) is 9.22. The minimum Gasteiger partial charge on any atom is -0.494 e. The average Bonchev–Trinajstić information content (AvgIpc) is 2.62. The largest absolute Gasteiger partial charge is 0.494 e. The van der Waals surface area contributed by atoms with E-state index in [9.17, 15) is 19.5 Å². The number of hydrogen-bond acceptors (Lipinski definition) is 6. The van der Waals surface area contributed by atoms with Crippen molar-refractivity contribution in [1.82, 2.24) is 10.3 Å². The molecule has 1 atom stereocenters. The van der Waals surface area contributed by atoms with Crippen LogP contribution in [0, 0.1) is 6.92 Å². The monoisotopic (exact) mass is 392 g/mol. The lowest BCUT2D eigenvalue weighted by Gasteiger charge is -2.15. The molecule has 27 heavy (non-hydrogen) atoms. The number of rotatable bonds is 9. The van der Waals surface area contributed by atoms with Crippen LogP contribution in [0.5, 0.6) is 5.75 Å². The maximum atomic E-state index is 11.8. The topological polar surface area (TPSA) is 126 Å². The van der Waals surface area contributed by atoms with E-state index in [1.807, 2.05) is 25.1 Å². The van der Waals surface area contributed by atoms with E-state index >= 15 is 0 Å². The van der Waals surface area contributed by atoms with E-state index in [2.05, 4.69) is 10.3 Å². The van der Waals surface area contributed by atoms with Gasteiger partial charge in [-0.1, -0.05) is 12.1 Å². The van der Waals surface area contributed by atoms with E-state index in [4.69, 9.17) is 9.84 Å². The molecule has 0 aliphatic carbocycles. The quantitative estimate of drug-likeness (QED) is 0.554. The van der Waals surface area contributed by atoms with Crippen molar-refractivity contribution in [1.29, 1.82) is 0 Å².